The summed E-state index contributed by atoms with van der Waals surface area (Å²) in [6, 6.07) is 6.83. The van der Waals surface area contributed by atoms with Gasteiger partial charge in [0.1, 0.15) is 12.6 Å². The zero-order valence-corrected chi connectivity index (χ0v) is 14.2. The van der Waals surface area contributed by atoms with Crippen LogP contribution in [0.5, 0.6) is 0 Å². The highest BCUT2D eigenvalue weighted by atomic mass is 16.5. The number of nitrogens with zero attached hydrogens (tertiary/aromatic N) is 1. The van der Waals surface area contributed by atoms with Crippen LogP contribution in [0.3, 0.4) is 0 Å². The summed E-state index contributed by atoms with van der Waals surface area (Å²) >= 11 is 0. The van der Waals surface area contributed by atoms with E-state index in [2.05, 4.69) is 0 Å². The minimum Gasteiger partial charge on any atom is -0.459 e. The zero-order valence-electron chi connectivity index (χ0n) is 14.2. The van der Waals surface area contributed by atoms with Crippen molar-refractivity contribution in [1.82, 2.24) is 4.90 Å². The van der Waals surface area contributed by atoms with Crippen LogP contribution in [0.15, 0.2) is 24.3 Å². The topological polar surface area (TPSA) is 63.7 Å². The molecule has 0 N–H and O–H groups in total. The van der Waals surface area contributed by atoms with E-state index in [0.717, 1.165) is 41.7 Å². The van der Waals surface area contributed by atoms with Crippen molar-refractivity contribution in [2.75, 3.05) is 0 Å². The van der Waals surface area contributed by atoms with E-state index < -0.39 is 12.0 Å². The van der Waals surface area contributed by atoms with Gasteiger partial charge in [-0.2, -0.15) is 0 Å². The van der Waals surface area contributed by atoms with Crippen LogP contribution in [0.1, 0.15) is 43.7 Å². The predicted octanol–water partition coefficient (Wildman–Crippen LogP) is 2.60. The van der Waals surface area contributed by atoms with Gasteiger partial charge >= 0.3 is 5.97 Å². The third-order valence-corrected chi connectivity index (χ3v) is 5.11. The summed E-state index contributed by atoms with van der Waals surface area (Å²) in [6.45, 7) is 3.71. The Hall–Kier alpha value is -2.17. The molecule has 24 heavy (non-hydrogen) atoms. The Morgan fingerprint density at radius 3 is 2.21 bits per heavy atom. The number of fused-ring (bicyclic) bond motifs is 1. The number of hydrogen-bond donors (Lipinski definition) is 0. The summed E-state index contributed by atoms with van der Waals surface area (Å²) in [7, 11) is 0. The van der Waals surface area contributed by atoms with Gasteiger partial charge in [-0.15, -0.1) is 0 Å². The lowest BCUT2D eigenvalue weighted by molar-refractivity contribution is -0.159. The molecule has 1 aliphatic heterocycles. The Bertz CT molecular complexity index is 628. The number of carbonyl (C=O) groups excluding carboxylic acids is 3. The molecule has 0 unspecified atom stereocenters. The van der Waals surface area contributed by atoms with Gasteiger partial charge in [-0.25, -0.2) is 4.79 Å². The summed E-state index contributed by atoms with van der Waals surface area (Å²) in [5.74, 6) is -1.41. The molecule has 3 atom stereocenters. The Morgan fingerprint density at radius 1 is 1.12 bits per heavy atom. The highest BCUT2D eigenvalue weighted by molar-refractivity contribution is 6.07. The lowest BCUT2D eigenvalue weighted by Gasteiger charge is -2.21. The Labute approximate surface area is 142 Å². The van der Waals surface area contributed by atoms with E-state index in [1.165, 1.54) is 0 Å². The fourth-order valence-electron chi connectivity index (χ4n) is 3.63. The molecule has 2 aliphatic rings. The standard InChI is InChI=1S/C19H23NO4/c1-12-7-9-14(10-8-12)11-24-19(23)13(2)20-17(21)15-5-3-4-6-16(15)18(20)22/h7-10,13,15-16H,3-6,11H2,1-2H3/t13-,15+,16+/m0/s1. The van der Waals surface area contributed by atoms with Gasteiger partial charge < -0.3 is 4.74 Å². The van der Waals surface area contributed by atoms with Crippen LogP contribution in [0.4, 0.5) is 0 Å². The average Bonchev–Trinajstić information content (AvgIpc) is 2.85. The van der Waals surface area contributed by atoms with Crippen molar-refractivity contribution >= 4 is 17.8 Å². The minimum atomic E-state index is -0.860. The maximum Gasteiger partial charge on any atom is 0.329 e. The highest BCUT2D eigenvalue weighted by Gasteiger charge is 2.51. The second-order valence-corrected chi connectivity index (χ2v) is 6.81. The zero-order chi connectivity index (χ0) is 17.3. The van der Waals surface area contributed by atoms with Crippen LogP contribution >= 0.6 is 0 Å². The van der Waals surface area contributed by atoms with Crippen LogP contribution in [0, 0.1) is 18.8 Å². The Balaban J connectivity index is 1.63. The fraction of sp³-hybridized carbons (Fsp3) is 0.526. The summed E-state index contributed by atoms with van der Waals surface area (Å²) in [5.41, 5.74) is 2.02. The predicted molar refractivity (Wildman–Crippen MR) is 87.7 cm³/mol. The molecule has 1 saturated carbocycles. The van der Waals surface area contributed by atoms with E-state index in [1.54, 1.807) is 6.92 Å². The molecular weight excluding hydrogens is 306 g/mol. The van der Waals surface area contributed by atoms with Crippen molar-refractivity contribution in [2.24, 2.45) is 11.8 Å². The first-order chi connectivity index (χ1) is 11.5. The highest BCUT2D eigenvalue weighted by Crippen LogP contribution is 2.38. The van der Waals surface area contributed by atoms with E-state index in [9.17, 15) is 14.4 Å². The molecule has 1 saturated heterocycles. The molecule has 0 spiro atoms. The number of rotatable bonds is 4. The number of imide groups is 1. The van der Waals surface area contributed by atoms with Gasteiger partial charge in [0.2, 0.25) is 11.8 Å². The van der Waals surface area contributed by atoms with Gasteiger partial charge in [-0.05, 0) is 32.3 Å². The second-order valence-electron chi connectivity index (χ2n) is 6.81. The summed E-state index contributed by atoms with van der Waals surface area (Å²) < 4.78 is 5.31. The number of esters is 1. The second kappa shape index (κ2) is 6.75. The molecule has 1 aromatic rings. The first kappa shape index (κ1) is 16.7. The summed E-state index contributed by atoms with van der Waals surface area (Å²) in [6.07, 6.45) is 3.44. The van der Waals surface area contributed by atoms with E-state index in [-0.39, 0.29) is 30.3 Å². The lowest BCUT2D eigenvalue weighted by atomic mass is 9.81. The van der Waals surface area contributed by atoms with Crippen LogP contribution < -0.4 is 0 Å². The van der Waals surface area contributed by atoms with Crippen LogP contribution in [0.25, 0.3) is 0 Å². The van der Waals surface area contributed by atoms with Crippen LogP contribution in [0.2, 0.25) is 0 Å². The third kappa shape index (κ3) is 3.07. The monoisotopic (exact) mass is 329 g/mol. The van der Waals surface area contributed by atoms with Crippen molar-refractivity contribution in [3.8, 4) is 0 Å². The van der Waals surface area contributed by atoms with Gasteiger partial charge in [-0.1, -0.05) is 42.7 Å². The number of ether oxygens (including phenoxy) is 1. The largest absolute Gasteiger partial charge is 0.459 e. The number of likely N-dealkylation sites (tertiary alicyclic amines) is 1. The van der Waals surface area contributed by atoms with Crippen LogP contribution in [-0.4, -0.2) is 28.7 Å². The van der Waals surface area contributed by atoms with Gasteiger partial charge in [0.25, 0.3) is 0 Å². The average molecular weight is 329 g/mol. The molecule has 1 aromatic carbocycles. The van der Waals surface area contributed by atoms with E-state index in [4.69, 9.17) is 4.74 Å². The van der Waals surface area contributed by atoms with Gasteiger partial charge in [0.15, 0.2) is 0 Å². The van der Waals surface area contributed by atoms with Crippen molar-refractivity contribution in [1.29, 1.82) is 0 Å². The molecule has 0 bridgehead atoms. The fourth-order valence-corrected chi connectivity index (χ4v) is 3.63. The molecule has 0 aromatic heterocycles. The molecule has 5 heteroatoms. The normalized spacial score (nSPS) is 24.7. The van der Waals surface area contributed by atoms with E-state index in [1.807, 2.05) is 31.2 Å². The van der Waals surface area contributed by atoms with Crippen LogP contribution in [-0.2, 0) is 25.7 Å². The Kier molecular flexibility index (Phi) is 4.69. The first-order valence-corrected chi connectivity index (χ1v) is 8.58. The molecule has 128 valence electrons. The molecule has 0 radical (unpaired) electrons. The minimum absolute atomic E-state index is 0.145. The van der Waals surface area contributed by atoms with Crippen molar-refractivity contribution in [2.45, 2.75) is 52.2 Å². The Morgan fingerprint density at radius 2 is 1.67 bits per heavy atom. The molecular formula is C19H23NO4. The van der Waals surface area contributed by atoms with Gasteiger partial charge in [0.05, 0.1) is 11.8 Å². The molecule has 3 rings (SSSR count). The van der Waals surface area contributed by atoms with E-state index >= 15 is 0 Å². The third-order valence-electron chi connectivity index (χ3n) is 5.11. The number of aryl methyl sites for hydroxylation is 1. The molecule has 2 fully saturated rings. The molecule has 1 aliphatic carbocycles. The number of carbonyl (C=O) groups is 3. The van der Waals surface area contributed by atoms with Gasteiger partial charge in [0, 0.05) is 0 Å². The van der Waals surface area contributed by atoms with Gasteiger partial charge in [-0.3, -0.25) is 14.5 Å². The van der Waals surface area contributed by atoms with Crippen molar-refractivity contribution < 1.29 is 19.1 Å². The smallest absolute Gasteiger partial charge is 0.329 e. The SMILES string of the molecule is Cc1ccc(COC(=O)[C@H](C)N2C(=O)[C@@H]3CCCC[C@H]3C2=O)cc1. The number of hydrogen-bond acceptors (Lipinski definition) is 4. The quantitative estimate of drug-likeness (QED) is 0.629. The van der Waals surface area contributed by atoms with E-state index in [0.29, 0.717) is 0 Å². The number of amides is 2. The summed E-state index contributed by atoms with van der Waals surface area (Å²) in [4.78, 5) is 38.4. The maximum absolute atomic E-state index is 12.5. The molecule has 1 heterocycles. The molecule has 5 nitrogen and oxygen atoms in total. The first-order valence-electron chi connectivity index (χ1n) is 8.58. The molecule has 2 amide bonds. The van der Waals surface area contributed by atoms with Crippen molar-refractivity contribution in [3.05, 3.63) is 35.4 Å². The number of benzene rings is 1. The van der Waals surface area contributed by atoms with Crippen molar-refractivity contribution in [3.63, 3.8) is 0 Å². The lowest BCUT2D eigenvalue weighted by Crippen LogP contribution is -2.44. The maximum atomic E-state index is 12.5. The summed E-state index contributed by atoms with van der Waals surface area (Å²) in [5, 5.41) is 0.